The summed E-state index contributed by atoms with van der Waals surface area (Å²) in [6.45, 7) is 0. The largest absolute Gasteiger partial charge is 0.359 e. The Morgan fingerprint density at radius 3 is 2.59 bits per heavy atom. The Bertz CT molecular complexity index is 589. The summed E-state index contributed by atoms with van der Waals surface area (Å²) in [7, 11) is 2.79. The minimum Gasteiger partial charge on any atom is -0.359 e. The maximum Gasteiger partial charge on any atom is 0.257 e. The van der Waals surface area contributed by atoms with E-state index in [0.717, 1.165) is 11.0 Å². The van der Waals surface area contributed by atoms with Crippen molar-refractivity contribution in [3.8, 4) is 0 Å². The Morgan fingerprint density at radius 2 is 2.05 bits per heavy atom. The van der Waals surface area contributed by atoms with Gasteiger partial charge in [0.15, 0.2) is 6.29 Å². The number of aldehydes is 2. The molecule has 1 aromatic rings. The lowest BCUT2D eigenvalue weighted by Gasteiger charge is -2.24. The van der Waals surface area contributed by atoms with Gasteiger partial charge in [0.2, 0.25) is 5.91 Å². The number of nitrogens with zero attached hydrogens (tertiary/aromatic N) is 1. The van der Waals surface area contributed by atoms with Gasteiger partial charge < -0.3 is 15.0 Å². The first-order chi connectivity index (χ1) is 10.5. The summed E-state index contributed by atoms with van der Waals surface area (Å²) in [5.41, 5.74) is -0.473. The topological polar surface area (TPSA) is 83.6 Å². The second kappa shape index (κ2) is 8.02. The second-order valence-electron chi connectivity index (χ2n) is 4.65. The van der Waals surface area contributed by atoms with Crippen molar-refractivity contribution < 1.29 is 23.6 Å². The Morgan fingerprint density at radius 1 is 1.36 bits per heavy atom. The molecule has 0 saturated heterocycles. The third-order valence-electron chi connectivity index (χ3n) is 3.31. The molecule has 0 saturated carbocycles. The normalized spacial score (nSPS) is 11.4. The first kappa shape index (κ1) is 17.5. The highest BCUT2D eigenvalue weighted by Gasteiger charge is 2.25. The number of halogens is 1. The van der Waals surface area contributed by atoms with E-state index >= 15 is 0 Å². The highest BCUT2D eigenvalue weighted by atomic mass is 19.1. The molecule has 2 amide bonds. The van der Waals surface area contributed by atoms with E-state index in [-0.39, 0.29) is 29.9 Å². The van der Waals surface area contributed by atoms with Crippen molar-refractivity contribution in [1.82, 2.24) is 10.2 Å². The molecule has 0 fully saturated rings. The predicted octanol–water partition coefficient (Wildman–Crippen LogP) is 0.804. The van der Waals surface area contributed by atoms with Crippen LogP contribution in [0.1, 0.15) is 33.6 Å². The van der Waals surface area contributed by atoms with E-state index in [0.29, 0.717) is 12.6 Å². The van der Waals surface area contributed by atoms with Gasteiger partial charge >= 0.3 is 0 Å². The zero-order chi connectivity index (χ0) is 16.7. The van der Waals surface area contributed by atoms with Crippen molar-refractivity contribution in [3.63, 3.8) is 0 Å². The molecule has 1 N–H and O–H groups in total. The second-order valence-corrected chi connectivity index (χ2v) is 4.65. The van der Waals surface area contributed by atoms with Crippen LogP contribution in [0.3, 0.4) is 0 Å². The number of hydrogen-bond donors (Lipinski definition) is 1. The number of carbonyl (C=O) groups excluding carboxylic acids is 4. The van der Waals surface area contributed by atoms with Crippen molar-refractivity contribution >= 4 is 24.4 Å². The molecule has 118 valence electrons. The third kappa shape index (κ3) is 3.97. The summed E-state index contributed by atoms with van der Waals surface area (Å²) < 4.78 is 13.8. The van der Waals surface area contributed by atoms with E-state index in [1.807, 2.05) is 0 Å². The standard InChI is InChI=1S/C15H17FN2O4/c1-17-13(21)7-6-11(9-20)18(2)15(22)14-10(8-19)4-3-5-12(14)16/h3-5,8-9,11H,6-7H2,1-2H3,(H,17,21). The number of amides is 2. The van der Waals surface area contributed by atoms with Crippen molar-refractivity contribution in [1.29, 1.82) is 0 Å². The zero-order valence-electron chi connectivity index (χ0n) is 12.3. The molecule has 0 heterocycles. The molecule has 6 nitrogen and oxygen atoms in total. The molecule has 0 aromatic heterocycles. The minimum atomic E-state index is -0.885. The number of rotatable bonds is 7. The van der Waals surface area contributed by atoms with Gasteiger partial charge in [0.05, 0.1) is 11.6 Å². The van der Waals surface area contributed by atoms with E-state index in [1.165, 1.54) is 26.2 Å². The molecule has 0 radical (unpaired) electrons. The van der Waals surface area contributed by atoms with E-state index < -0.39 is 17.8 Å². The van der Waals surface area contributed by atoms with Crippen molar-refractivity contribution in [2.45, 2.75) is 18.9 Å². The highest BCUT2D eigenvalue weighted by Crippen LogP contribution is 2.16. The summed E-state index contributed by atoms with van der Waals surface area (Å²) in [6.07, 6.45) is 1.05. The van der Waals surface area contributed by atoms with Gasteiger partial charge in [-0.25, -0.2) is 4.39 Å². The van der Waals surface area contributed by atoms with Crippen LogP contribution in [-0.2, 0) is 9.59 Å². The van der Waals surface area contributed by atoms with Crippen LogP contribution in [0.25, 0.3) is 0 Å². The average Bonchev–Trinajstić information content (AvgIpc) is 2.53. The molecule has 7 heteroatoms. The van der Waals surface area contributed by atoms with Gasteiger partial charge in [0.1, 0.15) is 12.1 Å². The summed E-state index contributed by atoms with van der Waals surface area (Å²) >= 11 is 0. The molecule has 0 aliphatic carbocycles. The first-order valence-electron chi connectivity index (χ1n) is 6.63. The number of nitrogens with one attached hydrogen (secondary N) is 1. The maximum atomic E-state index is 13.8. The molecule has 0 bridgehead atoms. The molecule has 1 unspecified atom stereocenters. The first-order valence-corrected chi connectivity index (χ1v) is 6.63. The fourth-order valence-corrected chi connectivity index (χ4v) is 1.95. The Hall–Kier alpha value is -2.57. The molecule has 0 aliphatic rings. The summed E-state index contributed by atoms with van der Waals surface area (Å²) in [5.74, 6) is -1.89. The van der Waals surface area contributed by atoms with Crippen LogP contribution in [-0.4, -0.2) is 49.4 Å². The molecule has 0 spiro atoms. The number of benzene rings is 1. The van der Waals surface area contributed by atoms with Gasteiger partial charge in [-0.1, -0.05) is 12.1 Å². The van der Waals surface area contributed by atoms with Crippen molar-refractivity contribution in [2.75, 3.05) is 14.1 Å². The maximum absolute atomic E-state index is 13.8. The lowest BCUT2D eigenvalue weighted by molar-refractivity contribution is -0.121. The van der Waals surface area contributed by atoms with Gasteiger partial charge in [-0.2, -0.15) is 0 Å². The molecule has 1 rings (SSSR count). The fourth-order valence-electron chi connectivity index (χ4n) is 1.95. The van der Waals surface area contributed by atoms with Crippen molar-refractivity contribution in [2.24, 2.45) is 0 Å². The van der Waals surface area contributed by atoms with Crippen LogP contribution in [0.15, 0.2) is 18.2 Å². The van der Waals surface area contributed by atoms with Gasteiger partial charge in [-0.15, -0.1) is 0 Å². The third-order valence-corrected chi connectivity index (χ3v) is 3.31. The quantitative estimate of drug-likeness (QED) is 0.755. The van der Waals surface area contributed by atoms with Crippen LogP contribution in [0.4, 0.5) is 4.39 Å². The Balaban J connectivity index is 2.98. The average molecular weight is 308 g/mol. The molecule has 22 heavy (non-hydrogen) atoms. The lowest BCUT2D eigenvalue weighted by atomic mass is 10.0. The van der Waals surface area contributed by atoms with Crippen LogP contribution in [0.5, 0.6) is 0 Å². The Labute approximate surface area is 127 Å². The molecular formula is C15H17FN2O4. The van der Waals surface area contributed by atoms with Crippen LogP contribution >= 0.6 is 0 Å². The summed E-state index contributed by atoms with van der Waals surface area (Å²) in [5, 5.41) is 2.41. The lowest BCUT2D eigenvalue weighted by Crippen LogP contribution is -2.39. The SMILES string of the molecule is CNC(=O)CCC(C=O)N(C)C(=O)c1c(F)cccc1C=O. The monoisotopic (exact) mass is 308 g/mol. The molecular weight excluding hydrogens is 291 g/mol. The van der Waals surface area contributed by atoms with E-state index in [2.05, 4.69) is 5.32 Å². The predicted molar refractivity (Wildman–Crippen MR) is 77.0 cm³/mol. The van der Waals surface area contributed by atoms with Crippen LogP contribution < -0.4 is 5.32 Å². The van der Waals surface area contributed by atoms with Crippen molar-refractivity contribution in [3.05, 3.63) is 35.1 Å². The Kier molecular flexibility index (Phi) is 6.37. The summed E-state index contributed by atoms with van der Waals surface area (Å²) in [6, 6.07) is 2.81. The molecule has 0 aliphatic heterocycles. The summed E-state index contributed by atoms with van der Waals surface area (Å²) in [4.78, 5) is 46.6. The zero-order valence-corrected chi connectivity index (χ0v) is 12.3. The van der Waals surface area contributed by atoms with E-state index in [1.54, 1.807) is 0 Å². The smallest absolute Gasteiger partial charge is 0.257 e. The molecule has 1 aromatic carbocycles. The molecule has 1 atom stereocenters. The van der Waals surface area contributed by atoms with Crippen LogP contribution in [0.2, 0.25) is 0 Å². The van der Waals surface area contributed by atoms with Gasteiger partial charge in [0, 0.05) is 26.1 Å². The minimum absolute atomic E-state index is 0.0509. The van der Waals surface area contributed by atoms with Gasteiger partial charge in [-0.05, 0) is 12.5 Å². The van der Waals surface area contributed by atoms with Gasteiger partial charge in [0.25, 0.3) is 5.91 Å². The fraction of sp³-hybridized carbons (Fsp3) is 0.333. The van der Waals surface area contributed by atoms with E-state index in [4.69, 9.17) is 0 Å². The van der Waals surface area contributed by atoms with Crippen LogP contribution in [0, 0.1) is 5.82 Å². The number of carbonyl (C=O) groups is 4. The van der Waals surface area contributed by atoms with Gasteiger partial charge in [-0.3, -0.25) is 14.4 Å². The van der Waals surface area contributed by atoms with E-state index in [9.17, 15) is 23.6 Å². The number of likely N-dealkylation sites (N-methyl/N-ethyl adjacent to an activating group) is 1. The number of hydrogen-bond acceptors (Lipinski definition) is 4. The highest BCUT2D eigenvalue weighted by molar-refractivity contribution is 6.02.